The Morgan fingerprint density at radius 2 is 1.69 bits per heavy atom. The first-order valence-corrected chi connectivity index (χ1v) is 9.94. The van der Waals surface area contributed by atoms with E-state index in [1.807, 2.05) is 43.4 Å². The third kappa shape index (κ3) is 4.34. The van der Waals surface area contributed by atoms with Gasteiger partial charge >= 0.3 is 0 Å². The van der Waals surface area contributed by atoms with E-state index in [-0.39, 0.29) is 24.0 Å². The van der Waals surface area contributed by atoms with Crippen LogP contribution in [-0.4, -0.2) is 41.4 Å². The number of hydrazine groups is 1. The first-order chi connectivity index (χ1) is 13.9. The molecule has 0 spiro atoms. The Labute approximate surface area is 172 Å². The fourth-order valence-electron chi connectivity index (χ4n) is 3.83. The molecule has 1 fully saturated rings. The molecule has 2 aromatic carbocycles. The highest BCUT2D eigenvalue weighted by Gasteiger charge is 2.42. The maximum atomic E-state index is 12.7. The van der Waals surface area contributed by atoms with Crippen molar-refractivity contribution in [2.24, 2.45) is 0 Å². The van der Waals surface area contributed by atoms with E-state index < -0.39 is 0 Å². The summed E-state index contributed by atoms with van der Waals surface area (Å²) in [4.78, 5) is 14.8. The van der Waals surface area contributed by atoms with E-state index in [2.05, 4.69) is 53.8 Å². The van der Waals surface area contributed by atoms with E-state index in [4.69, 9.17) is 4.74 Å². The van der Waals surface area contributed by atoms with Crippen molar-refractivity contribution in [3.05, 3.63) is 83.6 Å². The zero-order valence-corrected chi connectivity index (χ0v) is 17.1. The molecule has 2 aliphatic heterocycles. The first-order valence-electron chi connectivity index (χ1n) is 9.94. The molecule has 1 amide bonds. The molecule has 2 N–H and O–H groups in total. The van der Waals surface area contributed by atoms with Gasteiger partial charge in [0.15, 0.2) is 6.29 Å². The summed E-state index contributed by atoms with van der Waals surface area (Å²) in [6, 6.07) is 20.4. The number of nitrogens with one attached hydrogen (secondary N) is 2. The predicted molar refractivity (Wildman–Crippen MR) is 112 cm³/mol. The standard InChI is InChI=1S/C23H28N4O2/c1-23(2,15-17-10-6-4-7-11-17)29-16-19-14-20(28)27-22(24-19)26(3)21(25-27)18-12-8-5-9-13-18/h4-14,21-22,24-25H,15-16H2,1-3H3. The average molecular weight is 393 g/mol. The highest BCUT2D eigenvalue weighted by atomic mass is 16.5. The molecular formula is C23H28N4O2. The molecule has 0 bridgehead atoms. The number of amides is 1. The molecule has 0 radical (unpaired) electrons. The predicted octanol–water partition coefficient (Wildman–Crippen LogP) is 2.77. The Hall–Kier alpha value is -2.67. The van der Waals surface area contributed by atoms with Crippen LogP contribution in [0, 0.1) is 0 Å². The maximum absolute atomic E-state index is 12.7. The number of ether oxygens (including phenoxy) is 1. The molecular weight excluding hydrogens is 364 g/mol. The minimum absolute atomic E-state index is 0.0687. The van der Waals surface area contributed by atoms with Gasteiger partial charge in [0.05, 0.1) is 12.2 Å². The molecule has 2 unspecified atom stereocenters. The Bertz CT molecular complexity index is 882. The normalized spacial score (nSPS) is 22.2. The molecule has 6 heteroatoms. The van der Waals surface area contributed by atoms with Crippen LogP contribution < -0.4 is 10.7 Å². The molecule has 4 rings (SSSR count). The van der Waals surface area contributed by atoms with Crippen molar-refractivity contribution in [1.29, 1.82) is 0 Å². The topological polar surface area (TPSA) is 56.8 Å². The van der Waals surface area contributed by atoms with E-state index in [9.17, 15) is 4.79 Å². The number of hydrogen-bond donors (Lipinski definition) is 2. The summed E-state index contributed by atoms with van der Waals surface area (Å²) >= 11 is 0. The number of rotatable bonds is 6. The number of carbonyl (C=O) groups is 1. The highest BCUT2D eigenvalue weighted by Crippen LogP contribution is 2.28. The molecule has 2 atom stereocenters. The van der Waals surface area contributed by atoms with Gasteiger partial charge in [-0.25, -0.2) is 15.3 Å². The SMILES string of the molecule is CN1C(c2ccccc2)NN2C(=O)C=C(COC(C)(C)Cc3ccccc3)NC21. The van der Waals surface area contributed by atoms with Crippen LogP contribution in [0.4, 0.5) is 0 Å². The second kappa shape index (κ2) is 7.99. The van der Waals surface area contributed by atoms with Gasteiger partial charge in [-0.2, -0.15) is 0 Å². The van der Waals surface area contributed by atoms with Crippen LogP contribution in [0.25, 0.3) is 0 Å². The lowest BCUT2D eigenvalue weighted by atomic mass is 9.98. The lowest BCUT2D eigenvalue weighted by Gasteiger charge is -2.34. The van der Waals surface area contributed by atoms with Crippen LogP contribution >= 0.6 is 0 Å². The Balaban J connectivity index is 1.40. The van der Waals surface area contributed by atoms with E-state index in [0.717, 1.165) is 17.7 Å². The summed E-state index contributed by atoms with van der Waals surface area (Å²) in [6.07, 6.45) is 2.10. The van der Waals surface area contributed by atoms with Gasteiger partial charge in [0.1, 0.15) is 6.17 Å². The molecule has 6 nitrogen and oxygen atoms in total. The summed E-state index contributed by atoms with van der Waals surface area (Å²) in [5.41, 5.74) is 6.09. The Morgan fingerprint density at radius 1 is 1.03 bits per heavy atom. The van der Waals surface area contributed by atoms with Crippen molar-refractivity contribution in [3.63, 3.8) is 0 Å². The molecule has 0 aliphatic carbocycles. The summed E-state index contributed by atoms with van der Waals surface area (Å²) in [7, 11) is 2.00. The second-order valence-corrected chi connectivity index (χ2v) is 8.21. The molecule has 2 aliphatic rings. The molecule has 0 saturated carbocycles. The zero-order chi connectivity index (χ0) is 20.4. The van der Waals surface area contributed by atoms with Crippen molar-refractivity contribution >= 4 is 5.91 Å². The van der Waals surface area contributed by atoms with Gasteiger partial charge in [0, 0.05) is 18.2 Å². The number of fused-ring (bicyclic) bond motifs is 1. The van der Waals surface area contributed by atoms with Crippen LogP contribution in [0.2, 0.25) is 0 Å². The number of hydrogen-bond acceptors (Lipinski definition) is 5. The van der Waals surface area contributed by atoms with E-state index >= 15 is 0 Å². The van der Waals surface area contributed by atoms with Crippen LogP contribution in [0.1, 0.15) is 31.1 Å². The van der Waals surface area contributed by atoms with Crippen molar-refractivity contribution in [3.8, 4) is 0 Å². The zero-order valence-electron chi connectivity index (χ0n) is 17.1. The summed E-state index contributed by atoms with van der Waals surface area (Å²) in [6.45, 7) is 4.51. The van der Waals surface area contributed by atoms with Crippen LogP contribution in [0.3, 0.4) is 0 Å². The van der Waals surface area contributed by atoms with Gasteiger partial charge in [0.25, 0.3) is 5.91 Å². The molecule has 1 saturated heterocycles. The smallest absolute Gasteiger partial charge is 0.265 e. The average Bonchev–Trinajstić information content (AvgIpc) is 3.05. The van der Waals surface area contributed by atoms with Crippen molar-refractivity contribution in [1.82, 2.24) is 20.7 Å². The van der Waals surface area contributed by atoms with Gasteiger partial charge in [-0.05, 0) is 32.0 Å². The maximum Gasteiger partial charge on any atom is 0.265 e. The van der Waals surface area contributed by atoms with Gasteiger partial charge in [-0.3, -0.25) is 4.79 Å². The van der Waals surface area contributed by atoms with Gasteiger partial charge in [0.2, 0.25) is 0 Å². The van der Waals surface area contributed by atoms with Crippen molar-refractivity contribution in [2.45, 2.75) is 38.3 Å². The summed E-state index contributed by atoms with van der Waals surface area (Å²) in [5, 5.41) is 5.07. The number of benzene rings is 2. The van der Waals surface area contributed by atoms with Gasteiger partial charge < -0.3 is 10.1 Å². The molecule has 2 aromatic rings. The Kier molecular flexibility index (Phi) is 5.41. The monoisotopic (exact) mass is 392 g/mol. The van der Waals surface area contributed by atoms with E-state index in [0.29, 0.717) is 6.61 Å². The van der Waals surface area contributed by atoms with Crippen LogP contribution in [-0.2, 0) is 16.0 Å². The minimum Gasteiger partial charge on any atom is -0.369 e. The lowest BCUT2D eigenvalue weighted by Crippen LogP contribution is -2.55. The largest absolute Gasteiger partial charge is 0.369 e. The fraction of sp³-hybridized carbons (Fsp3) is 0.348. The second-order valence-electron chi connectivity index (χ2n) is 8.21. The minimum atomic E-state index is -0.337. The Morgan fingerprint density at radius 3 is 2.38 bits per heavy atom. The number of nitrogens with zero attached hydrogens (tertiary/aromatic N) is 2. The third-order valence-electron chi connectivity index (χ3n) is 5.36. The lowest BCUT2D eigenvalue weighted by molar-refractivity contribution is -0.133. The van der Waals surface area contributed by atoms with E-state index in [1.54, 1.807) is 11.1 Å². The molecule has 29 heavy (non-hydrogen) atoms. The van der Waals surface area contributed by atoms with E-state index in [1.165, 1.54) is 5.56 Å². The van der Waals surface area contributed by atoms with Crippen LogP contribution in [0.5, 0.6) is 0 Å². The fourth-order valence-corrected chi connectivity index (χ4v) is 3.83. The third-order valence-corrected chi connectivity index (χ3v) is 5.36. The van der Waals surface area contributed by atoms with Crippen LogP contribution in [0.15, 0.2) is 72.4 Å². The molecule has 152 valence electrons. The number of carbonyl (C=O) groups excluding carboxylic acids is 1. The summed E-state index contributed by atoms with van der Waals surface area (Å²) in [5.74, 6) is -0.0708. The highest BCUT2D eigenvalue weighted by molar-refractivity contribution is 5.89. The summed E-state index contributed by atoms with van der Waals surface area (Å²) < 4.78 is 6.18. The van der Waals surface area contributed by atoms with Crippen molar-refractivity contribution < 1.29 is 9.53 Å². The quantitative estimate of drug-likeness (QED) is 0.792. The van der Waals surface area contributed by atoms with Gasteiger partial charge in [-0.15, -0.1) is 0 Å². The van der Waals surface area contributed by atoms with Gasteiger partial charge in [-0.1, -0.05) is 60.7 Å². The molecule has 2 heterocycles. The first kappa shape index (κ1) is 19.6. The molecule has 0 aromatic heterocycles. The van der Waals surface area contributed by atoms with Crippen molar-refractivity contribution in [2.75, 3.05) is 13.7 Å².